The first-order valence-electron chi connectivity index (χ1n) is 10.3. The van der Waals surface area contributed by atoms with Crippen molar-refractivity contribution in [3.63, 3.8) is 0 Å². The molecule has 9 nitrogen and oxygen atoms in total. The Bertz CT molecular complexity index is 1030. The molecule has 0 spiro atoms. The quantitative estimate of drug-likeness (QED) is 0.647. The van der Waals surface area contributed by atoms with Crippen molar-refractivity contribution in [3.05, 3.63) is 35.7 Å². The topological polar surface area (TPSA) is 86.0 Å². The number of likely N-dealkylation sites (N-methyl/N-ethyl adjacent to an activating group) is 1. The van der Waals surface area contributed by atoms with Crippen LogP contribution in [0.25, 0.3) is 11.4 Å². The van der Waals surface area contributed by atoms with Crippen LogP contribution in [-0.4, -0.2) is 96.4 Å². The first-order chi connectivity index (χ1) is 15.1. The van der Waals surface area contributed by atoms with Gasteiger partial charge in [0.15, 0.2) is 0 Å². The molecule has 0 atom stereocenters. The molecule has 2 aliphatic rings. The average Bonchev–Trinajstić information content (AvgIpc) is 3.22. The van der Waals surface area contributed by atoms with Crippen LogP contribution in [0.3, 0.4) is 0 Å². The molecule has 0 N–H and O–H groups in total. The highest BCUT2D eigenvalue weighted by molar-refractivity contribution is 7.86. The minimum atomic E-state index is -4.45. The summed E-state index contributed by atoms with van der Waals surface area (Å²) in [6.45, 7) is 4.39. The minimum Gasteiger partial charge on any atom is -0.338 e. The highest BCUT2D eigenvalue weighted by Crippen LogP contribution is 2.31. The van der Waals surface area contributed by atoms with Gasteiger partial charge in [-0.05, 0) is 19.2 Å². The van der Waals surface area contributed by atoms with Crippen molar-refractivity contribution in [1.82, 2.24) is 28.6 Å². The maximum Gasteiger partial charge on any atom is 0.416 e. The third kappa shape index (κ3) is 5.12. The Balaban J connectivity index is 1.34. The third-order valence-electron chi connectivity index (χ3n) is 5.72. The summed E-state index contributed by atoms with van der Waals surface area (Å²) in [6.07, 6.45) is -4.45. The Morgan fingerprint density at radius 2 is 1.62 bits per heavy atom. The monoisotopic (exact) mass is 474 g/mol. The van der Waals surface area contributed by atoms with Gasteiger partial charge >= 0.3 is 6.18 Å². The first kappa shape index (κ1) is 23.1. The standard InChI is InChI=1S/C19H25F3N6O3S/c1-25-5-9-27(10-6-25)32(29,30)28-11-7-26(8-12-28)14-17-23-18(24-31-17)15-3-2-4-16(13-15)19(20,21)22/h2-4,13H,5-12,14H2,1H3. The van der Waals surface area contributed by atoms with Gasteiger partial charge in [0.05, 0.1) is 12.1 Å². The fraction of sp³-hybridized carbons (Fsp3) is 0.579. The van der Waals surface area contributed by atoms with Crippen molar-refractivity contribution >= 4 is 10.2 Å². The molecule has 2 aliphatic heterocycles. The van der Waals surface area contributed by atoms with Crippen LogP contribution in [0.15, 0.2) is 28.8 Å². The molecule has 0 amide bonds. The number of nitrogens with zero attached hydrogens (tertiary/aromatic N) is 6. The molecule has 4 rings (SSSR count). The summed E-state index contributed by atoms with van der Waals surface area (Å²) in [5.74, 6) is 0.357. The largest absolute Gasteiger partial charge is 0.416 e. The van der Waals surface area contributed by atoms with Gasteiger partial charge in [-0.3, -0.25) is 4.90 Å². The van der Waals surface area contributed by atoms with E-state index in [0.29, 0.717) is 58.9 Å². The molecule has 1 aromatic carbocycles. The predicted molar refractivity (Wildman–Crippen MR) is 110 cm³/mol. The van der Waals surface area contributed by atoms with Crippen LogP contribution in [0.5, 0.6) is 0 Å². The summed E-state index contributed by atoms with van der Waals surface area (Å²) in [7, 11) is -1.51. The molecule has 13 heteroatoms. The van der Waals surface area contributed by atoms with E-state index >= 15 is 0 Å². The highest BCUT2D eigenvalue weighted by Gasteiger charge is 2.34. The lowest BCUT2D eigenvalue weighted by Crippen LogP contribution is -2.56. The lowest BCUT2D eigenvalue weighted by molar-refractivity contribution is -0.137. The highest BCUT2D eigenvalue weighted by atomic mass is 32.2. The number of aromatic nitrogens is 2. The van der Waals surface area contributed by atoms with Crippen LogP contribution in [0, 0.1) is 0 Å². The Labute approximate surface area is 184 Å². The molecule has 32 heavy (non-hydrogen) atoms. The van der Waals surface area contributed by atoms with E-state index in [0.717, 1.165) is 12.1 Å². The van der Waals surface area contributed by atoms with Crippen molar-refractivity contribution in [2.75, 3.05) is 59.4 Å². The van der Waals surface area contributed by atoms with Crippen LogP contribution in [-0.2, 0) is 22.9 Å². The van der Waals surface area contributed by atoms with Gasteiger partial charge in [-0.1, -0.05) is 17.3 Å². The smallest absolute Gasteiger partial charge is 0.338 e. The van der Waals surface area contributed by atoms with Crippen LogP contribution in [0.4, 0.5) is 13.2 Å². The third-order valence-corrected chi connectivity index (χ3v) is 7.76. The number of halogens is 3. The van der Waals surface area contributed by atoms with Gasteiger partial charge in [0.25, 0.3) is 10.2 Å². The first-order valence-corrected chi connectivity index (χ1v) is 11.7. The van der Waals surface area contributed by atoms with Gasteiger partial charge < -0.3 is 9.42 Å². The molecule has 0 saturated carbocycles. The van der Waals surface area contributed by atoms with Crippen LogP contribution >= 0.6 is 0 Å². The Morgan fingerprint density at radius 3 is 2.25 bits per heavy atom. The van der Waals surface area contributed by atoms with Gasteiger partial charge in [0.1, 0.15) is 0 Å². The van der Waals surface area contributed by atoms with E-state index in [-0.39, 0.29) is 17.3 Å². The molecule has 176 valence electrons. The maximum atomic E-state index is 12.9. The van der Waals surface area contributed by atoms with Crippen LogP contribution in [0.2, 0.25) is 0 Å². The zero-order valence-corrected chi connectivity index (χ0v) is 18.4. The number of benzene rings is 1. The summed E-state index contributed by atoms with van der Waals surface area (Å²) in [6, 6.07) is 4.76. The second kappa shape index (κ2) is 9.06. The fourth-order valence-electron chi connectivity index (χ4n) is 3.76. The lowest BCUT2D eigenvalue weighted by atomic mass is 10.1. The van der Waals surface area contributed by atoms with E-state index < -0.39 is 21.9 Å². The van der Waals surface area contributed by atoms with Crippen molar-refractivity contribution in [2.45, 2.75) is 12.7 Å². The summed E-state index contributed by atoms with van der Waals surface area (Å²) >= 11 is 0. The predicted octanol–water partition coefficient (Wildman–Crippen LogP) is 1.37. The van der Waals surface area contributed by atoms with Crippen molar-refractivity contribution in [3.8, 4) is 11.4 Å². The van der Waals surface area contributed by atoms with E-state index in [4.69, 9.17) is 4.52 Å². The van der Waals surface area contributed by atoms with Crippen LogP contribution in [0.1, 0.15) is 11.5 Å². The minimum absolute atomic E-state index is 0.0855. The number of hydrogen-bond donors (Lipinski definition) is 0. The van der Waals surface area contributed by atoms with Crippen molar-refractivity contribution in [2.24, 2.45) is 0 Å². The second-order valence-corrected chi connectivity index (χ2v) is 9.90. The molecule has 0 bridgehead atoms. The molecular weight excluding hydrogens is 449 g/mol. The van der Waals surface area contributed by atoms with Crippen molar-refractivity contribution in [1.29, 1.82) is 0 Å². The molecule has 1 aromatic heterocycles. The second-order valence-electron chi connectivity index (χ2n) is 7.98. The van der Waals surface area contributed by atoms with E-state index in [9.17, 15) is 21.6 Å². The summed E-state index contributed by atoms with van der Waals surface area (Å²) < 4.78 is 72.8. The molecular formula is C19H25F3N6O3S. The molecule has 2 saturated heterocycles. The number of hydrogen-bond acceptors (Lipinski definition) is 7. The number of rotatable bonds is 5. The van der Waals surface area contributed by atoms with E-state index in [2.05, 4.69) is 15.0 Å². The van der Waals surface area contributed by atoms with Crippen LogP contribution < -0.4 is 0 Å². The molecule has 0 aliphatic carbocycles. The summed E-state index contributed by atoms with van der Waals surface area (Å²) in [5, 5.41) is 3.80. The number of piperazine rings is 2. The Hall–Kier alpha value is -2.06. The molecule has 3 heterocycles. The zero-order chi connectivity index (χ0) is 22.9. The van der Waals surface area contributed by atoms with Gasteiger partial charge in [-0.2, -0.15) is 35.2 Å². The maximum absolute atomic E-state index is 12.9. The molecule has 0 radical (unpaired) electrons. The Kier molecular flexibility index (Phi) is 6.54. The summed E-state index contributed by atoms with van der Waals surface area (Å²) in [5.41, 5.74) is -0.558. The molecule has 2 fully saturated rings. The van der Waals surface area contributed by atoms with Gasteiger partial charge in [0.2, 0.25) is 11.7 Å². The lowest BCUT2D eigenvalue weighted by Gasteiger charge is -2.38. The van der Waals surface area contributed by atoms with Gasteiger partial charge in [-0.15, -0.1) is 0 Å². The van der Waals surface area contributed by atoms with Crippen molar-refractivity contribution < 1.29 is 26.1 Å². The average molecular weight is 475 g/mol. The molecule has 2 aromatic rings. The Morgan fingerprint density at radius 1 is 1.00 bits per heavy atom. The molecule has 0 unspecified atom stereocenters. The van der Waals surface area contributed by atoms with E-state index in [1.54, 1.807) is 0 Å². The fourth-order valence-corrected chi connectivity index (χ4v) is 5.34. The van der Waals surface area contributed by atoms with E-state index in [1.165, 1.54) is 20.7 Å². The summed E-state index contributed by atoms with van der Waals surface area (Å²) in [4.78, 5) is 8.30. The zero-order valence-electron chi connectivity index (χ0n) is 17.6. The van der Waals surface area contributed by atoms with E-state index in [1.807, 2.05) is 11.9 Å². The SMILES string of the molecule is CN1CCN(S(=O)(=O)N2CCN(Cc3nc(-c4cccc(C(F)(F)F)c4)no3)CC2)CC1. The normalized spacial score (nSPS) is 20.6. The number of alkyl halides is 3. The van der Waals surface area contributed by atoms with Gasteiger partial charge in [-0.25, -0.2) is 0 Å². The van der Waals surface area contributed by atoms with Gasteiger partial charge in [0, 0.05) is 57.9 Å².